The highest BCUT2D eigenvalue weighted by Gasteiger charge is 2.51. The van der Waals surface area contributed by atoms with Gasteiger partial charge >= 0.3 is 0 Å². The molecule has 2 aromatic rings. The Kier molecular flexibility index (Phi) is 3.91. The molecule has 25 heavy (non-hydrogen) atoms. The average molecular weight is 359 g/mol. The van der Waals surface area contributed by atoms with E-state index in [1.54, 1.807) is 29.2 Å². The number of carbonyl (C=O) groups excluding carboxylic acids is 2. The molecule has 2 amide bonds. The van der Waals surface area contributed by atoms with Crippen molar-refractivity contribution in [3.05, 3.63) is 39.7 Å². The lowest BCUT2D eigenvalue weighted by Gasteiger charge is -2.23. The van der Waals surface area contributed by atoms with Crippen LogP contribution < -0.4 is 0 Å². The molecule has 0 saturated carbocycles. The predicted octanol–water partition coefficient (Wildman–Crippen LogP) is 2.62. The van der Waals surface area contributed by atoms with Gasteiger partial charge in [0.15, 0.2) is 0 Å². The van der Waals surface area contributed by atoms with Crippen molar-refractivity contribution < 1.29 is 14.0 Å². The Morgan fingerprint density at radius 1 is 1.36 bits per heavy atom. The zero-order chi connectivity index (χ0) is 17.6. The van der Waals surface area contributed by atoms with Crippen molar-refractivity contribution in [2.24, 2.45) is 5.41 Å². The SMILES string of the molecule is Cc1nc(CN2CC[C@@]3(CCN(C(=O)c4ccoc4C)C3)C2=O)cs1. The lowest BCUT2D eigenvalue weighted by atomic mass is 9.85. The van der Waals surface area contributed by atoms with Crippen LogP contribution in [-0.4, -0.2) is 46.2 Å². The number of hydrogen-bond acceptors (Lipinski definition) is 5. The fourth-order valence-corrected chi connectivity index (χ4v) is 4.53. The van der Waals surface area contributed by atoms with Crippen molar-refractivity contribution in [1.29, 1.82) is 0 Å². The van der Waals surface area contributed by atoms with E-state index in [9.17, 15) is 9.59 Å². The molecule has 0 radical (unpaired) electrons. The maximum Gasteiger partial charge on any atom is 0.257 e. The number of likely N-dealkylation sites (tertiary alicyclic amines) is 2. The summed E-state index contributed by atoms with van der Waals surface area (Å²) in [7, 11) is 0. The van der Waals surface area contributed by atoms with Crippen LogP contribution in [0.15, 0.2) is 22.1 Å². The Morgan fingerprint density at radius 3 is 2.84 bits per heavy atom. The summed E-state index contributed by atoms with van der Waals surface area (Å²) in [5, 5.41) is 3.03. The Hall–Kier alpha value is -2.15. The molecule has 7 heteroatoms. The van der Waals surface area contributed by atoms with Gasteiger partial charge in [-0.05, 0) is 32.8 Å². The van der Waals surface area contributed by atoms with Crippen molar-refractivity contribution in [1.82, 2.24) is 14.8 Å². The quantitative estimate of drug-likeness (QED) is 0.845. The zero-order valence-electron chi connectivity index (χ0n) is 14.4. The number of nitrogens with zero attached hydrogens (tertiary/aromatic N) is 3. The van der Waals surface area contributed by atoms with Gasteiger partial charge in [-0.25, -0.2) is 4.98 Å². The molecule has 2 aliphatic heterocycles. The first-order valence-electron chi connectivity index (χ1n) is 8.52. The average Bonchev–Trinajstić information content (AvgIpc) is 3.34. The van der Waals surface area contributed by atoms with Crippen molar-refractivity contribution in [2.75, 3.05) is 19.6 Å². The van der Waals surface area contributed by atoms with Crippen LogP contribution in [-0.2, 0) is 11.3 Å². The summed E-state index contributed by atoms with van der Waals surface area (Å²) in [5.41, 5.74) is 1.13. The van der Waals surface area contributed by atoms with Gasteiger partial charge in [-0.2, -0.15) is 0 Å². The van der Waals surface area contributed by atoms with Gasteiger partial charge < -0.3 is 14.2 Å². The largest absolute Gasteiger partial charge is 0.469 e. The van der Waals surface area contributed by atoms with E-state index in [1.807, 2.05) is 17.2 Å². The molecule has 4 rings (SSSR count). The standard InChI is InChI=1S/C18H21N3O3S/c1-12-15(3-8-24-12)16(22)21-7-5-18(11-21)4-6-20(17(18)23)9-14-10-25-13(2)19-14/h3,8,10H,4-7,9,11H2,1-2H3/t18-/m0/s1. The highest BCUT2D eigenvalue weighted by Crippen LogP contribution is 2.41. The molecule has 2 aliphatic rings. The number of rotatable bonds is 3. The molecular formula is C18H21N3O3S. The number of carbonyl (C=O) groups is 2. The number of amides is 2. The molecule has 2 saturated heterocycles. The van der Waals surface area contributed by atoms with E-state index >= 15 is 0 Å². The van der Waals surface area contributed by atoms with Crippen LogP contribution in [0.4, 0.5) is 0 Å². The molecule has 0 N–H and O–H groups in total. The smallest absolute Gasteiger partial charge is 0.257 e. The maximum absolute atomic E-state index is 13.0. The van der Waals surface area contributed by atoms with Crippen LogP contribution in [0.5, 0.6) is 0 Å². The molecule has 132 valence electrons. The Morgan fingerprint density at radius 2 is 2.16 bits per heavy atom. The van der Waals surface area contributed by atoms with Gasteiger partial charge in [-0.15, -0.1) is 11.3 Å². The molecule has 0 unspecified atom stereocenters. The highest BCUT2D eigenvalue weighted by atomic mass is 32.1. The van der Waals surface area contributed by atoms with E-state index in [0.29, 0.717) is 31.0 Å². The van der Waals surface area contributed by atoms with E-state index in [1.165, 1.54) is 6.26 Å². The van der Waals surface area contributed by atoms with E-state index in [4.69, 9.17) is 4.42 Å². The molecular weight excluding hydrogens is 338 g/mol. The number of aromatic nitrogens is 1. The molecule has 2 aromatic heterocycles. The van der Waals surface area contributed by atoms with Gasteiger partial charge in [0.2, 0.25) is 5.91 Å². The second-order valence-corrected chi connectivity index (χ2v) is 8.04. The van der Waals surface area contributed by atoms with Crippen LogP contribution >= 0.6 is 11.3 Å². The molecule has 0 aromatic carbocycles. The minimum atomic E-state index is -0.418. The van der Waals surface area contributed by atoms with Crippen LogP contribution in [0.3, 0.4) is 0 Å². The minimum absolute atomic E-state index is 0.0375. The van der Waals surface area contributed by atoms with Gasteiger partial charge in [0.05, 0.1) is 34.5 Å². The Balaban J connectivity index is 1.46. The third-order valence-electron chi connectivity index (χ3n) is 5.35. The normalized spacial score (nSPS) is 23.2. The topological polar surface area (TPSA) is 66.7 Å². The predicted molar refractivity (Wildman–Crippen MR) is 93.3 cm³/mol. The van der Waals surface area contributed by atoms with Crippen molar-refractivity contribution in [3.8, 4) is 0 Å². The summed E-state index contributed by atoms with van der Waals surface area (Å²) in [6.07, 6.45) is 3.08. The molecule has 4 heterocycles. The number of furan rings is 1. The summed E-state index contributed by atoms with van der Waals surface area (Å²) in [4.78, 5) is 33.8. The summed E-state index contributed by atoms with van der Waals surface area (Å²) in [6.45, 7) is 6.19. The molecule has 6 nitrogen and oxygen atoms in total. The molecule has 0 aliphatic carbocycles. The second kappa shape index (κ2) is 5.98. The second-order valence-electron chi connectivity index (χ2n) is 6.98. The van der Waals surface area contributed by atoms with Gasteiger partial charge in [-0.1, -0.05) is 0 Å². The van der Waals surface area contributed by atoms with Crippen molar-refractivity contribution in [3.63, 3.8) is 0 Å². The minimum Gasteiger partial charge on any atom is -0.469 e. The summed E-state index contributed by atoms with van der Waals surface area (Å²) < 4.78 is 5.24. The molecule has 0 bridgehead atoms. The van der Waals surface area contributed by atoms with Crippen LogP contribution in [0, 0.1) is 19.3 Å². The van der Waals surface area contributed by atoms with E-state index in [2.05, 4.69) is 4.98 Å². The fraction of sp³-hybridized carbons (Fsp3) is 0.500. The Bertz CT molecular complexity index is 827. The lowest BCUT2D eigenvalue weighted by Crippen LogP contribution is -2.38. The van der Waals surface area contributed by atoms with Crippen LogP contribution in [0.25, 0.3) is 0 Å². The van der Waals surface area contributed by atoms with Crippen molar-refractivity contribution in [2.45, 2.75) is 33.2 Å². The first kappa shape index (κ1) is 16.3. The molecule has 2 fully saturated rings. The maximum atomic E-state index is 13.0. The third-order valence-corrected chi connectivity index (χ3v) is 6.17. The third kappa shape index (κ3) is 2.76. The van der Waals surface area contributed by atoms with Gasteiger partial charge in [0.25, 0.3) is 5.91 Å². The fourth-order valence-electron chi connectivity index (χ4n) is 3.92. The van der Waals surface area contributed by atoms with Crippen LogP contribution in [0.2, 0.25) is 0 Å². The summed E-state index contributed by atoms with van der Waals surface area (Å²) in [6, 6.07) is 1.70. The number of aryl methyl sites for hydroxylation is 2. The van der Waals surface area contributed by atoms with E-state index in [-0.39, 0.29) is 11.8 Å². The summed E-state index contributed by atoms with van der Waals surface area (Å²) in [5.74, 6) is 0.756. The monoisotopic (exact) mass is 359 g/mol. The van der Waals surface area contributed by atoms with E-state index in [0.717, 1.165) is 30.1 Å². The number of hydrogen-bond donors (Lipinski definition) is 0. The lowest BCUT2D eigenvalue weighted by molar-refractivity contribution is -0.135. The van der Waals surface area contributed by atoms with E-state index < -0.39 is 5.41 Å². The number of thiazole rings is 1. The Labute approximate surface area is 150 Å². The first-order chi connectivity index (χ1) is 12.0. The van der Waals surface area contributed by atoms with Crippen molar-refractivity contribution >= 4 is 23.2 Å². The van der Waals surface area contributed by atoms with Crippen LogP contribution in [0.1, 0.15) is 39.7 Å². The summed E-state index contributed by atoms with van der Waals surface area (Å²) >= 11 is 1.61. The first-order valence-corrected chi connectivity index (χ1v) is 9.40. The highest BCUT2D eigenvalue weighted by molar-refractivity contribution is 7.09. The van der Waals surface area contributed by atoms with Gasteiger partial charge in [-0.3, -0.25) is 9.59 Å². The van der Waals surface area contributed by atoms with Gasteiger partial charge in [0.1, 0.15) is 5.76 Å². The zero-order valence-corrected chi connectivity index (χ0v) is 15.3. The molecule has 1 atom stereocenters. The molecule has 1 spiro atoms. The van der Waals surface area contributed by atoms with Gasteiger partial charge in [0, 0.05) is 25.0 Å².